The summed E-state index contributed by atoms with van der Waals surface area (Å²) >= 11 is -0.409. The number of benzene rings is 1. The van der Waals surface area contributed by atoms with Crippen LogP contribution in [0.5, 0.6) is 0 Å². The van der Waals surface area contributed by atoms with Gasteiger partial charge in [-0.25, -0.2) is 0 Å². The normalized spacial score (nSPS) is 13.9. The molecule has 0 spiro atoms. The van der Waals surface area contributed by atoms with Crippen molar-refractivity contribution in [1.82, 2.24) is 0 Å². The topological polar surface area (TPSA) is 52.6 Å². The molecule has 0 aromatic heterocycles. The van der Waals surface area contributed by atoms with Gasteiger partial charge in [0.1, 0.15) is 0 Å². The minimum atomic E-state index is -0.413. The Morgan fingerprint density at radius 2 is 1.48 bits per heavy atom. The molecule has 0 radical (unpaired) electrons. The van der Waals surface area contributed by atoms with Crippen LogP contribution in [0, 0.1) is 0 Å². The molecule has 108 valence electrons. The summed E-state index contributed by atoms with van der Waals surface area (Å²) in [4.78, 5) is 23.5. The zero-order valence-electron chi connectivity index (χ0n) is 11.7. The third-order valence-electron chi connectivity index (χ3n) is 2.72. The molecule has 1 aliphatic heterocycles. The Kier molecular flexibility index (Phi) is 5.14. The molecule has 1 heterocycles. The van der Waals surface area contributed by atoms with Crippen molar-refractivity contribution in [1.29, 1.82) is 0 Å². The van der Waals surface area contributed by atoms with Crippen molar-refractivity contribution in [3.8, 4) is 0 Å². The van der Waals surface area contributed by atoms with Gasteiger partial charge in [0.2, 0.25) is 0 Å². The Morgan fingerprint density at radius 3 is 1.95 bits per heavy atom. The predicted molar refractivity (Wildman–Crippen MR) is 80.4 cm³/mol. The van der Waals surface area contributed by atoms with Gasteiger partial charge in [0.15, 0.2) is 0 Å². The van der Waals surface area contributed by atoms with Crippen molar-refractivity contribution in [2.75, 3.05) is 14.2 Å². The van der Waals surface area contributed by atoms with E-state index in [0.29, 0.717) is 8.94 Å². The van der Waals surface area contributed by atoms with Crippen molar-refractivity contribution >= 4 is 33.0 Å². The van der Waals surface area contributed by atoms with Crippen LogP contribution in [0.2, 0.25) is 0 Å². The number of hydrogen-bond donors (Lipinski definition) is 0. The molecular formula is C16H14O4Se. The molecule has 0 saturated heterocycles. The Balaban J connectivity index is 2.40. The van der Waals surface area contributed by atoms with E-state index in [4.69, 9.17) is 9.47 Å². The average molecular weight is 349 g/mol. The van der Waals surface area contributed by atoms with Gasteiger partial charge in [-0.05, 0) is 0 Å². The van der Waals surface area contributed by atoms with Crippen LogP contribution in [0.3, 0.4) is 0 Å². The molecule has 0 unspecified atom stereocenters. The Labute approximate surface area is 129 Å². The van der Waals surface area contributed by atoms with Gasteiger partial charge >= 0.3 is 129 Å². The minimum absolute atomic E-state index is 0.409. The van der Waals surface area contributed by atoms with Crippen LogP contribution in [-0.4, -0.2) is 41.1 Å². The number of rotatable bonds is 3. The summed E-state index contributed by atoms with van der Waals surface area (Å²) in [7, 11) is 2.66. The fourth-order valence-corrected chi connectivity index (χ4v) is 3.76. The van der Waals surface area contributed by atoms with Gasteiger partial charge < -0.3 is 0 Å². The van der Waals surface area contributed by atoms with E-state index in [1.54, 1.807) is 12.2 Å². The monoisotopic (exact) mass is 350 g/mol. The molecule has 5 heteroatoms. The number of esters is 2. The second kappa shape index (κ2) is 7.06. The van der Waals surface area contributed by atoms with Crippen molar-refractivity contribution in [2.24, 2.45) is 0 Å². The maximum absolute atomic E-state index is 11.7. The standard InChI is InChI=1S/C16H14O4Se/c1-19-15(17)13-9-12(8-11-6-4-3-5-7-11)10-14(21-13)16(18)20-2/h3-10H,1-2H3. The first-order valence-corrected chi connectivity index (χ1v) is 7.90. The molecular weight excluding hydrogens is 335 g/mol. The maximum atomic E-state index is 11.7. The van der Waals surface area contributed by atoms with Crippen LogP contribution in [0.15, 0.2) is 57.0 Å². The first kappa shape index (κ1) is 15.3. The fraction of sp³-hybridized carbons (Fsp3) is 0.125. The summed E-state index contributed by atoms with van der Waals surface area (Å²) in [6.07, 6.45) is 5.41. The van der Waals surface area contributed by atoms with Crippen LogP contribution < -0.4 is 0 Å². The molecule has 0 fully saturated rings. The van der Waals surface area contributed by atoms with Crippen molar-refractivity contribution in [2.45, 2.75) is 0 Å². The van der Waals surface area contributed by atoms with Gasteiger partial charge in [0, 0.05) is 0 Å². The molecule has 0 amide bonds. The summed E-state index contributed by atoms with van der Waals surface area (Å²) in [6.45, 7) is 0. The zero-order chi connectivity index (χ0) is 15.2. The molecule has 1 aliphatic rings. The van der Waals surface area contributed by atoms with Gasteiger partial charge in [-0.1, -0.05) is 0 Å². The van der Waals surface area contributed by atoms with Crippen molar-refractivity contribution in [3.05, 3.63) is 62.6 Å². The van der Waals surface area contributed by atoms with Crippen molar-refractivity contribution < 1.29 is 19.1 Å². The average Bonchev–Trinajstić information content (AvgIpc) is 2.53. The third kappa shape index (κ3) is 3.94. The van der Waals surface area contributed by atoms with E-state index in [9.17, 15) is 9.59 Å². The molecule has 2 rings (SSSR count). The molecule has 0 saturated carbocycles. The first-order chi connectivity index (χ1) is 10.1. The zero-order valence-corrected chi connectivity index (χ0v) is 13.4. The second-order valence-electron chi connectivity index (χ2n) is 4.16. The van der Waals surface area contributed by atoms with E-state index in [1.165, 1.54) is 14.2 Å². The van der Waals surface area contributed by atoms with E-state index >= 15 is 0 Å². The van der Waals surface area contributed by atoms with E-state index < -0.39 is 26.9 Å². The third-order valence-corrected chi connectivity index (χ3v) is 4.84. The number of hydrogen-bond acceptors (Lipinski definition) is 4. The summed E-state index contributed by atoms with van der Waals surface area (Å²) in [6, 6.07) is 9.68. The van der Waals surface area contributed by atoms with Crippen LogP contribution >= 0.6 is 0 Å². The quantitative estimate of drug-likeness (QED) is 0.618. The molecule has 1 aromatic rings. The fourth-order valence-electron chi connectivity index (χ4n) is 1.75. The Bertz CT molecular complexity index is 608. The Hall–Kier alpha value is -2.10. The van der Waals surface area contributed by atoms with Gasteiger partial charge in [-0.3, -0.25) is 0 Å². The number of carbonyl (C=O) groups excluding carboxylic acids is 2. The van der Waals surface area contributed by atoms with E-state index in [0.717, 1.165) is 11.1 Å². The van der Waals surface area contributed by atoms with Crippen LogP contribution in [-0.2, 0) is 19.1 Å². The van der Waals surface area contributed by atoms with Gasteiger partial charge in [0.05, 0.1) is 0 Å². The van der Waals surface area contributed by atoms with E-state index in [-0.39, 0.29) is 0 Å². The van der Waals surface area contributed by atoms with Crippen LogP contribution in [0.1, 0.15) is 5.56 Å². The van der Waals surface area contributed by atoms with E-state index in [2.05, 4.69) is 0 Å². The molecule has 0 atom stereocenters. The van der Waals surface area contributed by atoms with Gasteiger partial charge in [-0.2, -0.15) is 0 Å². The van der Waals surface area contributed by atoms with Crippen LogP contribution in [0.25, 0.3) is 6.08 Å². The van der Waals surface area contributed by atoms with Crippen LogP contribution in [0.4, 0.5) is 0 Å². The summed E-state index contributed by atoms with van der Waals surface area (Å²) < 4.78 is 10.5. The van der Waals surface area contributed by atoms with E-state index in [1.807, 2.05) is 36.4 Å². The first-order valence-electron chi connectivity index (χ1n) is 6.18. The summed E-state index contributed by atoms with van der Waals surface area (Å²) in [5, 5.41) is 0. The molecule has 0 bridgehead atoms. The molecule has 0 aliphatic carbocycles. The Morgan fingerprint density at radius 1 is 0.952 bits per heavy atom. The number of carbonyl (C=O) groups is 2. The van der Waals surface area contributed by atoms with Gasteiger partial charge in [-0.15, -0.1) is 0 Å². The number of allylic oxidation sites excluding steroid dienone is 3. The molecule has 4 nitrogen and oxygen atoms in total. The summed E-state index contributed by atoms with van der Waals surface area (Å²) in [5.74, 6) is -0.827. The second-order valence-corrected chi connectivity index (χ2v) is 6.43. The van der Waals surface area contributed by atoms with Crippen molar-refractivity contribution in [3.63, 3.8) is 0 Å². The SMILES string of the molecule is COC(=O)C1=CC(=Cc2ccccc2)C=C(C(=O)OC)[Se]1. The summed E-state index contributed by atoms with van der Waals surface area (Å²) in [5.41, 5.74) is 1.76. The number of ether oxygens (including phenoxy) is 2. The molecule has 21 heavy (non-hydrogen) atoms. The molecule has 0 N–H and O–H groups in total. The number of methoxy groups -OCH3 is 2. The predicted octanol–water partition coefficient (Wildman–Crippen LogP) is 1.90. The van der Waals surface area contributed by atoms with Gasteiger partial charge in [0.25, 0.3) is 0 Å². The molecule has 1 aromatic carbocycles.